The van der Waals surface area contributed by atoms with Crippen LogP contribution in [0.3, 0.4) is 0 Å². The summed E-state index contributed by atoms with van der Waals surface area (Å²) in [5.74, 6) is 2.18. The number of hydrogen-bond donors (Lipinski definition) is 1. The summed E-state index contributed by atoms with van der Waals surface area (Å²) in [7, 11) is 1.65. The van der Waals surface area contributed by atoms with Crippen LogP contribution in [-0.4, -0.2) is 36.6 Å². The summed E-state index contributed by atoms with van der Waals surface area (Å²) in [4.78, 5) is 0. The largest absolute Gasteiger partial charge is 0.497 e. The molecule has 2 aromatic carbocycles. The van der Waals surface area contributed by atoms with Crippen LogP contribution >= 0.6 is 0 Å². The fraction of sp³-hybridized carbons (Fsp3) is 0.250. The summed E-state index contributed by atoms with van der Waals surface area (Å²) in [5, 5.41) is 4.58. The van der Waals surface area contributed by atoms with Crippen LogP contribution in [0.4, 0.5) is 0 Å². The first-order valence-corrected chi connectivity index (χ1v) is 8.55. The van der Waals surface area contributed by atoms with Gasteiger partial charge in [-0.15, -0.1) is 5.10 Å². The van der Waals surface area contributed by atoms with Crippen LogP contribution in [0, 0.1) is 0 Å². The van der Waals surface area contributed by atoms with E-state index in [0.29, 0.717) is 25.6 Å². The molecule has 0 spiro atoms. The molecule has 0 saturated heterocycles. The van der Waals surface area contributed by atoms with Crippen molar-refractivity contribution in [3.8, 4) is 34.3 Å². The first-order valence-electron chi connectivity index (χ1n) is 8.55. The summed E-state index contributed by atoms with van der Waals surface area (Å²) >= 11 is 0. The van der Waals surface area contributed by atoms with Gasteiger partial charge >= 0.3 is 0 Å². The number of benzene rings is 2. The van der Waals surface area contributed by atoms with Gasteiger partial charge in [0, 0.05) is 18.2 Å². The van der Waals surface area contributed by atoms with E-state index >= 15 is 0 Å². The second-order valence-electron chi connectivity index (χ2n) is 5.57. The van der Waals surface area contributed by atoms with Crippen LogP contribution in [-0.2, 0) is 0 Å². The Labute approximate surface area is 153 Å². The van der Waals surface area contributed by atoms with Crippen molar-refractivity contribution < 1.29 is 14.2 Å². The van der Waals surface area contributed by atoms with E-state index in [1.807, 2.05) is 66.2 Å². The van der Waals surface area contributed by atoms with Crippen molar-refractivity contribution >= 4 is 0 Å². The Kier molecular flexibility index (Phi) is 5.76. The molecule has 1 heterocycles. The monoisotopic (exact) mass is 353 g/mol. The van der Waals surface area contributed by atoms with E-state index in [9.17, 15) is 0 Å². The van der Waals surface area contributed by atoms with Crippen LogP contribution in [0.2, 0.25) is 0 Å². The molecule has 0 aliphatic carbocycles. The molecule has 0 aliphatic rings. The molecule has 0 amide bonds. The molecule has 26 heavy (non-hydrogen) atoms. The molecule has 0 atom stereocenters. The Morgan fingerprint density at radius 3 is 2.27 bits per heavy atom. The second kappa shape index (κ2) is 8.40. The molecular weight excluding hydrogens is 330 g/mol. The second-order valence-corrected chi connectivity index (χ2v) is 5.57. The summed E-state index contributed by atoms with van der Waals surface area (Å²) in [6, 6.07) is 17.5. The average molecular weight is 353 g/mol. The van der Waals surface area contributed by atoms with Gasteiger partial charge in [0.1, 0.15) is 18.1 Å². The zero-order valence-corrected chi connectivity index (χ0v) is 15.0. The van der Waals surface area contributed by atoms with E-state index in [1.165, 1.54) is 0 Å². The molecule has 3 aromatic rings. The van der Waals surface area contributed by atoms with Crippen molar-refractivity contribution in [1.82, 2.24) is 9.78 Å². The fourth-order valence-corrected chi connectivity index (χ4v) is 2.60. The Bertz CT molecular complexity index is 827. The SMILES string of the molecule is CCOc1cc(-c2ccc(OCCN)cc2)n(-c2ccc(OC)cc2)n1. The van der Waals surface area contributed by atoms with Gasteiger partial charge in [0.05, 0.1) is 25.1 Å². The van der Waals surface area contributed by atoms with Gasteiger partial charge in [-0.05, 0) is 55.5 Å². The van der Waals surface area contributed by atoms with Gasteiger partial charge in [-0.1, -0.05) is 0 Å². The number of nitrogens with zero attached hydrogens (tertiary/aromatic N) is 2. The number of nitrogens with two attached hydrogens (primary N) is 1. The molecule has 1 aromatic heterocycles. The first kappa shape index (κ1) is 17.8. The summed E-state index contributed by atoms with van der Waals surface area (Å²) < 4.78 is 18.2. The molecule has 3 rings (SSSR count). The molecular formula is C20H23N3O3. The van der Waals surface area contributed by atoms with E-state index < -0.39 is 0 Å². The molecule has 0 radical (unpaired) electrons. The summed E-state index contributed by atoms with van der Waals surface area (Å²) in [5.41, 5.74) is 8.35. The molecule has 0 fully saturated rings. The predicted octanol–water partition coefficient (Wildman–Crippen LogP) is 3.28. The standard InChI is InChI=1S/C20H23N3O3/c1-3-25-20-14-19(15-4-8-18(9-5-15)26-13-12-21)23(22-20)16-6-10-17(24-2)11-7-16/h4-11,14H,3,12-13,21H2,1-2H3. The average Bonchev–Trinajstić information content (AvgIpc) is 3.11. The van der Waals surface area contributed by atoms with Crippen molar-refractivity contribution in [3.05, 3.63) is 54.6 Å². The number of rotatable bonds is 8. The molecule has 2 N–H and O–H groups in total. The van der Waals surface area contributed by atoms with Crippen molar-refractivity contribution in [3.63, 3.8) is 0 Å². The number of methoxy groups -OCH3 is 1. The van der Waals surface area contributed by atoms with Crippen molar-refractivity contribution in [2.24, 2.45) is 5.73 Å². The molecule has 136 valence electrons. The third-order valence-electron chi connectivity index (χ3n) is 3.83. The van der Waals surface area contributed by atoms with Gasteiger partial charge in [-0.2, -0.15) is 0 Å². The molecule has 6 heteroatoms. The van der Waals surface area contributed by atoms with Crippen molar-refractivity contribution in [1.29, 1.82) is 0 Å². The lowest BCUT2D eigenvalue weighted by Crippen LogP contribution is -2.10. The van der Waals surface area contributed by atoms with Crippen molar-refractivity contribution in [2.75, 3.05) is 26.9 Å². The first-order chi connectivity index (χ1) is 12.7. The Morgan fingerprint density at radius 1 is 0.962 bits per heavy atom. The fourth-order valence-electron chi connectivity index (χ4n) is 2.60. The minimum atomic E-state index is 0.490. The highest BCUT2D eigenvalue weighted by Gasteiger charge is 2.13. The third-order valence-corrected chi connectivity index (χ3v) is 3.83. The maximum absolute atomic E-state index is 5.60. The van der Waals surface area contributed by atoms with Gasteiger partial charge in [-0.3, -0.25) is 0 Å². The molecule has 0 saturated carbocycles. The number of hydrogen-bond acceptors (Lipinski definition) is 5. The summed E-state index contributed by atoms with van der Waals surface area (Å²) in [6.45, 7) is 3.49. The summed E-state index contributed by atoms with van der Waals surface area (Å²) in [6.07, 6.45) is 0. The minimum Gasteiger partial charge on any atom is -0.497 e. The van der Waals surface area contributed by atoms with Crippen molar-refractivity contribution in [2.45, 2.75) is 6.92 Å². The smallest absolute Gasteiger partial charge is 0.233 e. The Balaban J connectivity index is 1.96. The third kappa shape index (κ3) is 3.97. The molecule has 0 bridgehead atoms. The lowest BCUT2D eigenvalue weighted by atomic mass is 10.1. The van der Waals surface area contributed by atoms with E-state index in [4.69, 9.17) is 19.9 Å². The lowest BCUT2D eigenvalue weighted by Gasteiger charge is -2.09. The normalized spacial score (nSPS) is 10.6. The molecule has 0 unspecified atom stereocenters. The quantitative estimate of drug-likeness (QED) is 0.673. The van der Waals surface area contributed by atoms with E-state index in [0.717, 1.165) is 28.4 Å². The van der Waals surface area contributed by atoms with Gasteiger partial charge in [-0.25, -0.2) is 4.68 Å². The van der Waals surface area contributed by atoms with Crippen LogP contribution in [0.5, 0.6) is 17.4 Å². The Morgan fingerprint density at radius 2 is 1.65 bits per heavy atom. The van der Waals surface area contributed by atoms with Crippen LogP contribution in [0.1, 0.15) is 6.92 Å². The highest BCUT2D eigenvalue weighted by atomic mass is 16.5. The van der Waals surface area contributed by atoms with E-state index in [-0.39, 0.29) is 0 Å². The zero-order chi connectivity index (χ0) is 18.4. The maximum atomic E-state index is 5.60. The van der Waals surface area contributed by atoms with E-state index in [2.05, 4.69) is 5.10 Å². The molecule has 6 nitrogen and oxygen atoms in total. The van der Waals surface area contributed by atoms with E-state index in [1.54, 1.807) is 7.11 Å². The van der Waals surface area contributed by atoms with Gasteiger partial charge in [0.25, 0.3) is 0 Å². The molecule has 0 aliphatic heterocycles. The van der Waals surface area contributed by atoms with Gasteiger partial charge < -0.3 is 19.9 Å². The minimum absolute atomic E-state index is 0.490. The maximum Gasteiger partial charge on any atom is 0.233 e. The zero-order valence-electron chi connectivity index (χ0n) is 15.0. The van der Waals surface area contributed by atoms with Crippen LogP contribution in [0.25, 0.3) is 16.9 Å². The number of ether oxygens (including phenoxy) is 3. The topological polar surface area (TPSA) is 71.5 Å². The van der Waals surface area contributed by atoms with Crippen LogP contribution < -0.4 is 19.9 Å². The van der Waals surface area contributed by atoms with Crippen LogP contribution in [0.15, 0.2) is 54.6 Å². The highest BCUT2D eigenvalue weighted by Crippen LogP contribution is 2.29. The lowest BCUT2D eigenvalue weighted by molar-refractivity contribution is 0.324. The van der Waals surface area contributed by atoms with Gasteiger partial charge in [0.2, 0.25) is 5.88 Å². The number of aromatic nitrogens is 2. The Hall–Kier alpha value is -2.99. The highest BCUT2D eigenvalue weighted by molar-refractivity contribution is 5.64. The predicted molar refractivity (Wildman–Crippen MR) is 101 cm³/mol. The van der Waals surface area contributed by atoms with Gasteiger partial charge in [0.15, 0.2) is 0 Å².